The highest BCUT2D eigenvalue weighted by Crippen LogP contribution is 2.27. The molecule has 0 saturated heterocycles. The van der Waals surface area contributed by atoms with E-state index >= 15 is 0 Å². The van der Waals surface area contributed by atoms with E-state index in [1.165, 1.54) is 12.7 Å². The van der Waals surface area contributed by atoms with Crippen LogP contribution in [-0.4, -0.2) is 13.1 Å². The molecule has 1 aliphatic carbocycles. The minimum absolute atomic E-state index is 0.225. The van der Waals surface area contributed by atoms with Gasteiger partial charge in [-0.3, -0.25) is 0 Å². The van der Waals surface area contributed by atoms with E-state index in [1.807, 2.05) is 30.4 Å². The molecule has 0 spiro atoms. The number of hydrogen-bond acceptors (Lipinski definition) is 2. The molecule has 2 rings (SSSR count). The number of allylic oxidation sites excluding steroid dienone is 3. The van der Waals surface area contributed by atoms with Crippen LogP contribution >= 0.6 is 0 Å². The zero-order valence-corrected chi connectivity index (χ0v) is 9.93. The van der Waals surface area contributed by atoms with Gasteiger partial charge >= 0.3 is 5.97 Å². The highest BCUT2D eigenvalue weighted by molar-refractivity contribution is 5.88. The Kier molecular flexibility index (Phi) is 3.76. The average molecular weight is 228 g/mol. The van der Waals surface area contributed by atoms with E-state index < -0.39 is 0 Å². The van der Waals surface area contributed by atoms with Gasteiger partial charge in [-0.25, -0.2) is 4.79 Å². The van der Waals surface area contributed by atoms with Crippen LogP contribution in [0, 0.1) is 0 Å². The van der Waals surface area contributed by atoms with Crippen molar-refractivity contribution in [2.24, 2.45) is 0 Å². The Morgan fingerprint density at radius 3 is 2.71 bits per heavy atom. The Balaban J connectivity index is 2.28. The fourth-order valence-electron chi connectivity index (χ4n) is 2.05. The number of methoxy groups -OCH3 is 1. The molecule has 17 heavy (non-hydrogen) atoms. The first-order valence-corrected chi connectivity index (χ1v) is 5.80. The van der Waals surface area contributed by atoms with Gasteiger partial charge in [-0.15, -0.1) is 0 Å². The summed E-state index contributed by atoms with van der Waals surface area (Å²) in [4.78, 5) is 11.6. The van der Waals surface area contributed by atoms with Crippen LogP contribution in [0.2, 0.25) is 0 Å². The number of rotatable bonds is 2. The van der Waals surface area contributed by atoms with Gasteiger partial charge in [0.2, 0.25) is 0 Å². The summed E-state index contributed by atoms with van der Waals surface area (Å²) in [7, 11) is 1.43. The normalized spacial score (nSPS) is 19.4. The molecule has 88 valence electrons. The van der Waals surface area contributed by atoms with E-state index in [0.29, 0.717) is 6.42 Å². The molecule has 0 bridgehead atoms. The van der Waals surface area contributed by atoms with Crippen molar-refractivity contribution in [3.63, 3.8) is 0 Å². The van der Waals surface area contributed by atoms with Crippen molar-refractivity contribution in [2.75, 3.05) is 7.11 Å². The summed E-state index contributed by atoms with van der Waals surface area (Å²) in [6.07, 6.45) is 7.79. The lowest BCUT2D eigenvalue weighted by Crippen LogP contribution is -2.05. The van der Waals surface area contributed by atoms with Crippen molar-refractivity contribution in [3.05, 3.63) is 59.7 Å². The number of carbonyl (C=O) groups is 1. The van der Waals surface area contributed by atoms with E-state index in [-0.39, 0.29) is 11.9 Å². The standard InChI is InChI=1S/C15H16O2/c1-17-15(16)14-10-6-5-9-13(11-14)12-7-3-2-4-8-12/h2-8,11,13H,9-10H2,1H3. The minimum atomic E-state index is -0.225. The molecule has 0 heterocycles. The number of hydrogen-bond donors (Lipinski definition) is 0. The maximum Gasteiger partial charge on any atom is 0.333 e. The molecule has 0 aliphatic heterocycles. The van der Waals surface area contributed by atoms with Crippen LogP contribution < -0.4 is 0 Å². The fraction of sp³-hybridized carbons (Fsp3) is 0.267. The summed E-state index contributed by atoms with van der Waals surface area (Å²) in [5, 5.41) is 0. The second kappa shape index (κ2) is 5.48. The molecule has 1 aromatic rings. The first kappa shape index (κ1) is 11.6. The summed E-state index contributed by atoms with van der Waals surface area (Å²) in [5.41, 5.74) is 1.98. The number of ether oxygens (including phenoxy) is 1. The van der Waals surface area contributed by atoms with Crippen molar-refractivity contribution < 1.29 is 9.53 Å². The van der Waals surface area contributed by atoms with Crippen molar-refractivity contribution in [2.45, 2.75) is 18.8 Å². The fourth-order valence-corrected chi connectivity index (χ4v) is 2.05. The Morgan fingerprint density at radius 1 is 1.24 bits per heavy atom. The van der Waals surface area contributed by atoms with Crippen LogP contribution in [0.25, 0.3) is 0 Å². The molecule has 0 saturated carbocycles. The van der Waals surface area contributed by atoms with Gasteiger partial charge in [0.1, 0.15) is 0 Å². The van der Waals surface area contributed by atoms with Crippen LogP contribution in [0.1, 0.15) is 24.3 Å². The molecule has 1 atom stereocenters. The zero-order chi connectivity index (χ0) is 12.1. The molecule has 2 heteroatoms. The van der Waals surface area contributed by atoms with Gasteiger partial charge in [0.15, 0.2) is 0 Å². The lowest BCUT2D eigenvalue weighted by Gasteiger charge is -2.11. The van der Waals surface area contributed by atoms with Gasteiger partial charge in [-0.2, -0.15) is 0 Å². The molecule has 0 fully saturated rings. The SMILES string of the molecule is COC(=O)C1=CC(c2ccccc2)CC=CC1. The first-order valence-electron chi connectivity index (χ1n) is 5.80. The van der Waals surface area contributed by atoms with Crippen molar-refractivity contribution in [1.82, 2.24) is 0 Å². The molecule has 0 N–H and O–H groups in total. The predicted octanol–water partition coefficient (Wildman–Crippen LogP) is 3.22. The molecular weight excluding hydrogens is 212 g/mol. The lowest BCUT2D eigenvalue weighted by atomic mass is 9.94. The Morgan fingerprint density at radius 2 is 2.00 bits per heavy atom. The number of esters is 1. The summed E-state index contributed by atoms with van der Waals surface area (Å²) in [6, 6.07) is 10.2. The molecule has 0 aromatic heterocycles. The van der Waals surface area contributed by atoms with Gasteiger partial charge in [0.05, 0.1) is 7.11 Å². The summed E-state index contributed by atoms with van der Waals surface area (Å²) in [5.74, 6) is 0.0431. The van der Waals surface area contributed by atoms with E-state index in [0.717, 1.165) is 12.0 Å². The summed E-state index contributed by atoms with van der Waals surface area (Å²) >= 11 is 0. The summed E-state index contributed by atoms with van der Waals surface area (Å²) < 4.78 is 4.79. The van der Waals surface area contributed by atoms with Crippen molar-refractivity contribution >= 4 is 5.97 Å². The van der Waals surface area contributed by atoms with Gasteiger partial charge in [-0.1, -0.05) is 48.6 Å². The Labute approximate surface area is 102 Å². The van der Waals surface area contributed by atoms with Crippen LogP contribution in [-0.2, 0) is 9.53 Å². The van der Waals surface area contributed by atoms with E-state index in [1.54, 1.807) is 0 Å². The zero-order valence-electron chi connectivity index (χ0n) is 9.93. The third kappa shape index (κ3) is 2.84. The second-order valence-electron chi connectivity index (χ2n) is 4.11. The average Bonchev–Trinajstić information content (AvgIpc) is 2.64. The molecule has 1 aromatic carbocycles. The maximum atomic E-state index is 11.6. The van der Waals surface area contributed by atoms with E-state index in [9.17, 15) is 4.79 Å². The van der Waals surface area contributed by atoms with Crippen LogP contribution in [0.4, 0.5) is 0 Å². The molecule has 2 nitrogen and oxygen atoms in total. The van der Waals surface area contributed by atoms with Gasteiger partial charge in [-0.05, 0) is 18.4 Å². The van der Waals surface area contributed by atoms with Crippen LogP contribution in [0.3, 0.4) is 0 Å². The van der Waals surface area contributed by atoms with E-state index in [4.69, 9.17) is 4.74 Å². The maximum absolute atomic E-state index is 11.6. The lowest BCUT2D eigenvalue weighted by molar-refractivity contribution is -0.136. The van der Waals surface area contributed by atoms with E-state index in [2.05, 4.69) is 18.2 Å². The molecule has 1 unspecified atom stereocenters. The molecular formula is C15H16O2. The topological polar surface area (TPSA) is 26.3 Å². The Bertz CT molecular complexity index is 443. The van der Waals surface area contributed by atoms with Gasteiger partial charge < -0.3 is 4.74 Å². The third-order valence-electron chi connectivity index (χ3n) is 2.97. The Hall–Kier alpha value is -1.83. The smallest absolute Gasteiger partial charge is 0.333 e. The molecule has 0 amide bonds. The number of carbonyl (C=O) groups excluding carboxylic acids is 1. The highest BCUT2D eigenvalue weighted by Gasteiger charge is 2.15. The molecule has 0 radical (unpaired) electrons. The minimum Gasteiger partial charge on any atom is -0.466 e. The highest BCUT2D eigenvalue weighted by atomic mass is 16.5. The van der Waals surface area contributed by atoms with Gasteiger partial charge in [0, 0.05) is 11.5 Å². The second-order valence-corrected chi connectivity index (χ2v) is 4.11. The van der Waals surface area contributed by atoms with Gasteiger partial charge in [0.25, 0.3) is 0 Å². The summed E-state index contributed by atoms with van der Waals surface area (Å²) in [6.45, 7) is 0. The van der Waals surface area contributed by atoms with Crippen molar-refractivity contribution in [3.8, 4) is 0 Å². The number of benzene rings is 1. The van der Waals surface area contributed by atoms with Crippen LogP contribution in [0.5, 0.6) is 0 Å². The molecule has 1 aliphatic rings. The first-order chi connectivity index (χ1) is 8.31. The predicted molar refractivity (Wildman–Crippen MR) is 67.7 cm³/mol. The van der Waals surface area contributed by atoms with Crippen LogP contribution in [0.15, 0.2) is 54.1 Å². The largest absolute Gasteiger partial charge is 0.466 e. The van der Waals surface area contributed by atoms with Crippen molar-refractivity contribution in [1.29, 1.82) is 0 Å². The monoisotopic (exact) mass is 228 g/mol. The quantitative estimate of drug-likeness (QED) is 0.574. The third-order valence-corrected chi connectivity index (χ3v) is 2.97.